The van der Waals surface area contributed by atoms with Crippen LogP contribution in [0.15, 0.2) is 35.3 Å². The molecule has 2 atom stereocenters. The number of aryl methyl sites for hydroxylation is 2. The van der Waals surface area contributed by atoms with Gasteiger partial charge in [-0.3, -0.25) is 4.99 Å². The van der Waals surface area contributed by atoms with Crippen molar-refractivity contribution in [1.29, 1.82) is 0 Å². The molecule has 0 amide bonds. The van der Waals surface area contributed by atoms with Crippen LogP contribution in [0.4, 0.5) is 0 Å². The summed E-state index contributed by atoms with van der Waals surface area (Å²) in [6, 6.07) is 10.9. The van der Waals surface area contributed by atoms with Crippen LogP contribution >= 0.6 is 35.3 Å². The molecule has 0 bridgehead atoms. The van der Waals surface area contributed by atoms with Gasteiger partial charge in [0.1, 0.15) is 0 Å². The number of guanidine groups is 1. The molecule has 2 unspecified atom stereocenters. The fourth-order valence-corrected chi connectivity index (χ4v) is 4.64. The zero-order valence-electron chi connectivity index (χ0n) is 16.0. The number of hydrogen-bond donors (Lipinski definition) is 1. The molecule has 0 radical (unpaired) electrons. The smallest absolute Gasteiger partial charge is 0.193 e. The van der Waals surface area contributed by atoms with Crippen LogP contribution in [0.2, 0.25) is 0 Å². The van der Waals surface area contributed by atoms with Crippen LogP contribution in [0.1, 0.15) is 40.4 Å². The molecule has 2 aromatic rings. The standard InChI is InChI=1S/C20H28N4S.HI/c1-14-13-24(11-10-18(14)17-8-6-5-7-9-17)20(21-4)22-12-19-15(2)23-16(3)25-19;/h5-9,14,18H,10-13H2,1-4H3,(H,21,22);1H. The second kappa shape index (κ2) is 9.69. The van der Waals surface area contributed by atoms with Crippen LogP contribution in [0.3, 0.4) is 0 Å². The van der Waals surface area contributed by atoms with Crippen LogP contribution < -0.4 is 5.32 Å². The van der Waals surface area contributed by atoms with Gasteiger partial charge in [-0.25, -0.2) is 4.98 Å². The molecule has 1 saturated heterocycles. The minimum Gasteiger partial charge on any atom is -0.351 e. The van der Waals surface area contributed by atoms with Crippen molar-refractivity contribution >= 4 is 41.3 Å². The summed E-state index contributed by atoms with van der Waals surface area (Å²) in [6.45, 7) is 9.39. The van der Waals surface area contributed by atoms with E-state index in [1.807, 2.05) is 7.05 Å². The number of hydrogen-bond acceptors (Lipinski definition) is 3. The van der Waals surface area contributed by atoms with Crippen molar-refractivity contribution in [1.82, 2.24) is 15.2 Å². The van der Waals surface area contributed by atoms with Crippen LogP contribution in [0.25, 0.3) is 0 Å². The largest absolute Gasteiger partial charge is 0.351 e. The van der Waals surface area contributed by atoms with Crippen molar-refractivity contribution in [2.24, 2.45) is 10.9 Å². The Kier molecular flexibility index (Phi) is 7.88. The Bertz CT molecular complexity index is 729. The lowest BCUT2D eigenvalue weighted by molar-refractivity contribution is 0.234. The van der Waals surface area contributed by atoms with E-state index in [9.17, 15) is 0 Å². The van der Waals surface area contributed by atoms with E-state index in [0.717, 1.165) is 36.3 Å². The van der Waals surface area contributed by atoms with Crippen molar-refractivity contribution in [2.45, 2.75) is 39.7 Å². The van der Waals surface area contributed by atoms with E-state index in [2.05, 4.69) is 71.3 Å². The Morgan fingerprint density at radius 2 is 2.04 bits per heavy atom. The number of aromatic nitrogens is 1. The molecule has 3 rings (SSSR count). The molecule has 6 heteroatoms. The third kappa shape index (κ3) is 4.97. The van der Waals surface area contributed by atoms with Gasteiger partial charge in [0.05, 0.1) is 17.2 Å². The summed E-state index contributed by atoms with van der Waals surface area (Å²) in [5.41, 5.74) is 2.59. The molecule has 1 aliphatic rings. The summed E-state index contributed by atoms with van der Waals surface area (Å²) in [5.74, 6) is 2.26. The summed E-state index contributed by atoms with van der Waals surface area (Å²) in [7, 11) is 1.88. The van der Waals surface area contributed by atoms with Gasteiger partial charge >= 0.3 is 0 Å². The van der Waals surface area contributed by atoms with Crippen molar-refractivity contribution in [2.75, 3.05) is 20.1 Å². The predicted octanol–water partition coefficient (Wildman–Crippen LogP) is 4.58. The van der Waals surface area contributed by atoms with Crippen LogP contribution in [-0.2, 0) is 6.54 Å². The number of halogens is 1. The summed E-state index contributed by atoms with van der Waals surface area (Å²) < 4.78 is 0. The molecular weight excluding hydrogens is 455 g/mol. The molecule has 1 aromatic heterocycles. The zero-order chi connectivity index (χ0) is 17.8. The predicted molar refractivity (Wildman–Crippen MR) is 122 cm³/mol. The van der Waals surface area contributed by atoms with Gasteiger partial charge in [-0.15, -0.1) is 35.3 Å². The molecule has 142 valence electrons. The summed E-state index contributed by atoms with van der Waals surface area (Å²) >= 11 is 1.76. The van der Waals surface area contributed by atoms with E-state index in [0.29, 0.717) is 11.8 Å². The Morgan fingerprint density at radius 3 is 2.62 bits per heavy atom. The van der Waals surface area contributed by atoms with Crippen molar-refractivity contribution in [3.8, 4) is 0 Å². The summed E-state index contributed by atoms with van der Waals surface area (Å²) in [4.78, 5) is 12.7. The first kappa shape index (κ1) is 21.2. The molecule has 1 aliphatic heterocycles. The maximum Gasteiger partial charge on any atom is 0.193 e. The van der Waals surface area contributed by atoms with Crippen LogP contribution in [0, 0.1) is 19.8 Å². The topological polar surface area (TPSA) is 40.5 Å². The molecule has 0 aliphatic carbocycles. The van der Waals surface area contributed by atoms with E-state index in [-0.39, 0.29) is 24.0 Å². The average molecular weight is 484 g/mol. The Balaban J connectivity index is 0.00000243. The first-order valence-electron chi connectivity index (χ1n) is 9.02. The van der Waals surface area contributed by atoms with E-state index < -0.39 is 0 Å². The lowest BCUT2D eigenvalue weighted by atomic mass is 9.82. The second-order valence-corrected chi connectivity index (χ2v) is 8.16. The number of nitrogens with zero attached hydrogens (tertiary/aromatic N) is 3. The highest BCUT2D eigenvalue weighted by Crippen LogP contribution is 2.32. The number of benzene rings is 1. The molecular formula is C20H29IN4S. The maximum atomic E-state index is 4.51. The van der Waals surface area contributed by atoms with Crippen LogP contribution in [-0.4, -0.2) is 36.0 Å². The third-order valence-electron chi connectivity index (χ3n) is 5.05. The van der Waals surface area contributed by atoms with Gasteiger partial charge in [0, 0.05) is 25.0 Å². The molecule has 1 N–H and O–H groups in total. The quantitative estimate of drug-likeness (QED) is 0.394. The van der Waals surface area contributed by atoms with Gasteiger partial charge in [-0.05, 0) is 37.7 Å². The van der Waals surface area contributed by atoms with Gasteiger partial charge in [-0.2, -0.15) is 0 Å². The fraction of sp³-hybridized carbons (Fsp3) is 0.500. The minimum atomic E-state index is 0. The number of aliphatic imine (C=N–C) groups is 1. The normalized spacial score (nSPS) is 20.6. The Morgan fingerprint density at radius 1 is 1.31 bits per heavy atom. The van der Waals surface area contributed by atoms with Crippen LogP contribution in [0.5, 0.6) is 0 Å². The molecule has 0 saturated carbocycles. The number of nitrogens with one attached hydrogen (secondary N) is 1. The minimum absolute atomic E-state index is 0. The molecule has 2 heterocycles. The van der Waals surface area contributed by atoms with E-state index in [1.165, 1.54) is 16.9 Å². The molecule has 26 heavy (non-hydrogen) atoms. The first-order valence-corrected chi connectivity index (χ1v) is 9.83. The van der Waals surface area contributed by atoms with E-state index in [4.69, 9.17) is 0 Å². The van der Waals surface area contributed by atoms with Crippen molar-refractivity contribution < 1.29 is 0 Å². The van der Waals surface area contributed by atoms with E-state index in [1.54, 1.807) is 11.3 Å². The summed E-state index contributed by atoms with van der Waals surface area (Å²) in [6.07, 6.45) is 1.17. The Labute approximate surface area is 178 Å². The highest BCUT2D eigenvalue weighted by Gasteiger charge is 2.28. The van der Waals surface area contributed by atoms with Gasteiger partial charge < -0.3 is 10.2 Å². The maximum absolute atomic E-state index is 4.51. The number of rotatable bonds is 3. The van der Waals surface area contributed by atoms with E-state index >= 15 is 0 Å². The van der Waals surface area contributed by atoms with Crippen molar-refractivity contribution in [3.63, 3.8) is 0 Å². The van der Waals surface area contributed by atoms with Crippen molar-refractivity contribution in [3.05, 3.63) is 51.5 Å². The second-order valence-electron chi connectivity index (χ2n) is 6.87. The van der Waals surface area contributed by atoms with Gasteiger partial charge in [0.2, 0.25) is 0 Å². The highest BCUT2D eigenvalue weighted by molar-refractivity contribution is 14.0. The molecule has 4 nitrogen and oxygen atoms in total. The zero-order valence-corrected chi connectivity index (χ0v) is 19.2. The monoisotopic (exact) mass is 484 g/mol. The lowest BCUT2D eigenvalue weighted by Crippen LogP contribution is -2.47. The third-order valence-corrected chi connectivity index (χ3v) is 6.12. The number of likely N-dealkylation sites (tertiary alicyclic amines) is 1. The van der Waals surface area contributed by atoms with Gasteiger partial charge in [0.25, 0.3) is 0 Å². The number of thiazole rings is 1. The Hall–Kier alpha value is -1.15. The number of piperidine rings is 1. The highest BCUT2D eigenvalue weighted by atomic mass is 127. The summed E-state index contributed by atoms with van der Waals surface area (Å²) in [5, 5.41) is 4.66. The molecule has 1 aromatic carbocycles. The average Bonchev–Trinajstić information content (AvgIpc) is 2.94. The van der Waals surface area contributed by atoms with Gasteiger partial charge in [-0.1, -0.05) is 37.3 Å². The molecule has 0 spiro atoms. The van der Waals surface area contributed by atoms with Gasteiger partial charge in [0.15, 0.2) is 5.96 Å². The fourth-order valence-electron chi connectivity index (χ4n) is 3.76. The molecule has 1 fully saturated rings. The SMILES string of the molecule is CN=C(NCc1sc(C)nc1C)N1CCC(c2ccccc2)C(C)C1.I. The lowest BCUT2D eigenvalue weighted by Gasteiger charge is -2.38. The first-order chi connectivity index (χ1) is 12.1.